The molecule has 0 spiro atoms. The third kappa shape index (κ3) is 16.1. The molecule has 2 aromatic rings. The summed E-state index contributed by atoms with van der Waals surface area (Å²) in [6.07, 6.45) is 1.40. The Kier molecular flexibility index (Phi) is 22.4. The van der Waals surface area contributed by atoms with Gasteiger partial charge in [-0.3, -0.25) is 28.9 Å². The van der Waals surface area contributed by atoms with Crippen molar-refractivity contribution >= 4 is 35.2 Å². The quantitative estimate of drug-likeness (QED) is 0.0903. The van der Waals surface area contributed by atoms with E-state index in [0.29, 0.717) is 32.0 Å². The van der Waals surface area contributed by atoms with Crippen LogP contribution in [0.5, 0.6) is 0 Å². The number of carbonyl (C=O) groups is 5. The van der Waals surface area contributed by atoms with Crippen molar-refractivity contribution < 1.29 is 33.4 Å². The van der Waals surface area contributed by atoms with E-state index < -0.39 is 42.3 Å². The van der Waals surface area contributed by atoms with Gasteiger partial charge in [0, 0.05) is 58.5 Å². The Morgan fingerprint density at radius 3 is 1.97 bits per heavy atom. The van der Waals surface area contributed by atoms with E-state index >= 15 is 0 Å². The first-order valence-corrected chi connectivity index (χ1v) is 23.8. The number of amides is 5. The molecule has 14 heteroatoms. The van der Waals surface area contributed by atoms with Crippen molar-refractivity contribution in [2.45, 2.75) is 156 Å². The average Bonchev–Trinajstić information content (AvgIpc) is 3.74. The van der Waals surface area contributed by atoms with Crippen LogP contribution in [0.2, 0.25) is 0 Å². The van der Waals surface area contributed by atoms with Gasteiger partial charge in [0.15, 0.2) is 0 Å². The summed E-state index contributed by atoms with van der Waals surface area (Å²) in [6.45, 7) is 18.7. The fourth-order valence-corrected chi connectivity index (χ4v) is 9.37. The monoisotopic (exact) mass is 906 g/mol. The highest BCUT2D eigenvalue weighted by Crippen LogP contribution is 2.30. The van der Waals surface area contributed by atoms with Gasteiger partial charge < -0.3 is 40.5 Å². The summed E-state index contributed by atoms with van der Waals surface area (Å²) in [5, 5.41) is 12.6. The lowest BCUT2D eigenvalue weighted by molar-refractivity contribution is -0.148. The van der Waals surface area contributed by atoms with E-state index in [1.165, 1.54) is 0 Å². The summed E-state index contributed by atoms with van der Waals surface area (Å²) < 4.78 is 12.2. The minimum Gasteiger partial charge on any atom is -0.383 e. The number of ether oxygens (including phenoxy) is 2. The fourth-order valence-electron chi connectivity index (χ4n) is 9.37. The lowest BCUT2D eigenvalue weighted by atomic mass is 9.89. The van der Waals surface area contributed by atoms with E-state index in [0.717, 1.165) is 29.7 Å². The minimum atomic E-state index is -0.774. The zero-order valence-corrected chi connectivity index (χ0v) is 42.0. The Labute approximate surface area is 390 Å². The van der Waals surface area contributed by atoms with Crippen LogP contribution in [0.4, 0.5) is 5.69 Å². The molecule has 1 saturated heterocycles. The Morgan fingerprint density at radius 1 is 0.785 bits per heavy atom. The number of methoxy groups -OCH3 is 2. The molecule has 14 nitrogen and oxygen atoms in total. The van der Waals surface area contributed by atoms with Gasteiger partial charge in [0.05, 0.1) is 42.7 Å². The van der Waals surface area contributed by atoms with Crippen LogP contribution in [0.1, 0.15) is 106 Å². The number of rotatable bonds is 26. The van der Waals surface area contributed by atoms with Gasteiger partial charge in [-0.15, -0.1) is 0 Å². The summed E-state index contributed by atoms with van der Waals surface area (Å²) in [5.74, 6) is -1.87. The first-order chi connectivity index (χ1) is 30.7. The molecule has 364 valence electrons. The SMILES string of the molecule is CC[C@H](C)[C@@H]([C@@H](CC(=O)N1CCC[C@H]1[C@H](OC)[C@@H](C)C(=O)NC(CC(=O)NCc1ccc(NC(C)C)cc1)Cc1ccccc1)OC)N(C)C(=O)[C@@H](NC(=O)[C@H](C(C)C)N(C)C)C(C)C. The number of nitrogens with one attached hydrogen (secondary N) is 4. The summed E-state index contributed by atoms with van der Waals surface area (Å²) in [5.41, 5.74) is 2.98. The molecule has 1 unspecified atom stereocenters. The second kappa shape index (κ2) is 26.6. The van der Waals surface area contributed by atoms with Gasteiger partial charge in [0.2, 0.25) is 29.5 Å². The van der Waals surface area contributed by atoms with Crippen LogP contribution in [0, 0.1) is 23.7 Å². The smallest absolute Gasteiger partial charge is 0.245 e. The number of anilines is 1. The topological polar surface area (TPSA) is 162 Å². The molecule has 5 amide bonds. The van der Waals surface area contributed by atoms with E-state index in [1.54, 1.807) is 26.2 Å². The highest BCUT2D eigenvalue weighted by Gasteiger charge is 2.43. The Morgan fingerprint density at radius 2 is 1.43 bits per heavy atom. The van der Waals surface area contributed by atoms with Crippen LogP contribution in [-0.2, 0) is 46.4 Å². The molecule has 1 fully saturated rings. The molecule has 0 saturated carbocycles. The van der Waals surface area contributed by atoms with E-state index in [4.69, 9.17) is 9.47 Å². The van der Waals surface area contributed by atoms with Crippen LogP contribution in [0.25, 0.3) is 0 Å². The predicted molar refractivity (Wildman–Crippen MR) is 259 cm³/mol. The van der Waals surface area contributed by atoms with Crippen molar-refractivity contribution in [3.8, 4) is 0 Å². The highest BCUT2D eigenvalue weighted by molar-refractivity contribution is 5.90. The number of nitrogens with zero attached hydrogens (tertiary/aromatic N) is 3. The van der Waals surface area contributed by atoms with Gasteiger partial charge >= 0.3 is 0 Å². The molecule has 0 bridgehead atoms. The zero-order chi connectivity index (χ0) is 48.5. The van der Waals surface area contributed by atoms with Crippen molar-refractivity contribution in [1.29, 1.82) is 0 Å². The molecular weight excluding hydrogens is 823 g/mol. The molecule has 1 aliphatic heterocycles. The molecule has 0 aliphatic carbocycles. The molecular formula is C51H83N7O7. The van der Waals surface area contributed by atoms with Crippen LogP contribution in [0.3, 0.4) is 0 Å². The number of hydrogen-bond donors (Lipinski definition) is 4. The fraction of sp³-hybridized carbons (Fsp3) is 0.667. The van der Waals surface area contributed by atoms with Gasteiger partial charge in [-0.05, 0) is 88.2 Å². The molecule has 1 aliphatic rings. The molecule has 0 aromatic heterocycles. The summed E-state index contributed by atoms with van der Waals surface area (Å²) >= 11 is 0. The van der Waals surface area contributed by atoms with Gasteiger partial charge in [0.1, 0.15) is 6.04 Å². The van der Waals surface area contributed by atoms with E-state index in [-0.39, 0.29) is 66.2 Å². The largest absolute Gasteiger partial charge is 0.383 e. The molecule has 1 heterocycles. The Balaban J connectivity index is 1.76. The molecule has 65 heavy (non-hydrogen) atoms. The molecule has 3 rings (SSSR count). The molecule has 4 N–H and O–H groups in total. The van der Waals surface area contributed by atoms with E-state index in [9.17, 15) is 24.0 Å². The number of benzene rings is 2. The summed E-state index contributed by atoms with van der Waals surface area (Å²) in [4.78, 5) is 75.2. The van der Waals surface area contributed by atoms with E-state index in [1.807, 2.05) is 127 Å². The number of likely N-dealkylation sites (N-methyl/N-ethyl adjacent to an activating group) is 2. The van der Waals surface area contributed by atoms with Gasteiger partial charge in [-0.2, -0.15) is 0 Å². The first kappa shape index (κ1) is 54.8. The standard InChI is InChI=1S/C51H83N7O7/c1-15-35(8)47(57(12)51(63)45(32(2)3)55-50(62)46(33(4)5)56(10)11)42(64-13)30-44(60)58-27-19-22-41(58)48(65-14)36(9)49(61)54-40(28-37-20-17-16-18-21-37)29-43(59)52-31-38-23-25-39(26-24-38)53-34(6)7/h16-18,20-21,23-26,32-36,40-42,45-48,53H,15,19,22,27-31H2,1-14H3,(H,52,59)(H,54,61)(H,55,62)/t35-,36+,40?,41-,42+,45-,46-,47-,48+/m0/s1. The predicted octanol–water partition coefficient (Wildman–Crippen LogP) is 5.89. The van der Waals surface area contributed by atoms with Gasteiger partial charge in [-0.1, -0.05) is 97.4 Å². The minimum absolute atomic E-state index is 0.0125. The van der Waals surface area contributed by atoms with Crippen LogP contribution in [-0.4, -0.2) is 135 Å². The van der Waals surface area contributed by atoms with Crippen LogP contribution >= 0.6 is 0 Å². The maximum atomic E-state index is 14.4. The Bertz CT molecular complexity index is 1780. The number of carbonyl (C=O) groups excluding carboxylic acids is 5. The van der Waals surface area contributed by atoms with Crippen molar-refractivity contribution in [3.63, 3.8) is 0 Å². The van der Waals surface area contributed by atoms with Gasteiger partial charge in [-0.25, -0.2) is 0 Å². The third-order valence-electron chi connectivity index (χ3n) is 12.9. The molecule has 9 atom stereocenters. The lowest BCUT2D eigenvalue weighted by Gasteiger charge is -2.41. The Hall–Kier alpha value is -4.53. The van der Waals surface area contributed by atoms with E-state index in [2.05, 4.69) is 35.1 Å². The van der Waals surface area contributed by atoms with Crippen LogP contribution in [0.15, 0.2) is 54.6 Å². The maximum Gasteiger partial charge on any atom is 0.245 e. The highest BCUT2D eigenvalue weighted by atomic mass is 16.5. The number of hydrogen-bond acceptors (Lipinski definition) is 9. The van der Waals surface area contributed by atoms with Gasteiger partial charge in [0.25, 0.3) is 0 Å². The van der Waals surface area contributed by atoms with Crippen molar-refractivity contribution in [2.24, 2.45) is 23.7 Å². The van der Waals surface area contributed by atoms with Crippen molar-refractivity contribution in [3.05, 3.63) is 65.7 Å². The van der Waals surface area contributed by atoms with Crippen molar-refractivity contribution in [1.82, 2.24) is 30.7 Å². The lowest BCUT2D eigenvalue weighted by Crippen LogP contribution is -2.59. The number of likely N-dealkylation sites (tertiary alicyclic amines) is 1. The van der Waals surface area contributed by atoms with Crippen molar-refractivity contribution in [2.75, 3.05) is 47.2 Å². The normalized spacial score (nSPS) is 17.8. The maximum absolute atomic E-state index is 14.4. The zero-order valence-electron chi connectivity index (χ0n) is 42.0. The molecule has 0 radical (unpaired) electrons. The molecule has 2 aromatic carbocycles. The average molecular weight is 906 g/mol. The second-order valence-corrected chi connectivity index (χ2v) is 19.3. The summed E-state index contributed by atoms with van der Waals surface area (Å²) in [7, 11) is 8.59. The first-order valence-electron chi connectivity index (χ1n) is 23.8. The second-order valence-electron chi connectivity index (χ2n) is 19.3. The summed E-state index contributed by atoms with van der Waals surface area (Å²) in [6, 6.07) is 15.5. The third-order valence-corrected chi connectivity index (χ3v) is 12.9. The van der Waals surface area contributed by atoms with Crippen LogP contribution < -0.4 is 21.3 Å².